The van der Waals surface area contributed by atoms with E-state index in [4.69, 9.17) is 18.9 Å². The van der Waals surface area contributed by atoms with Crippen molar-refractivity contribution in [3.8, 4) is 0 Å². The number of ether oxygens (including phenoxy) is 4. The Morgan fingerprint density at radius 1 is 0.313 bits per heavy atom. The Kier molecular flexibility index (Phi) is 77.8. The van der Waals surface area contributed by atoms with Gasteiger partial charge in [-0.3, -0.25) is 9.59 Å². The van der Waals surface area contributed by atoms with Gasteiger partial charge in [-0.2, -0.15) is 0 Å². The SMILES string of the molecule is CC/C=C\C/C=C\C/C=C\C/C=C\CCCCCCCCCCCCCCCCCCCCCCCCCCCCCCC(=O)OC(COC(=O)CCCCCCCCCCCCCCCCCCCCCCC/C=C\C/C=C\CCCCCCC)COC(OCC[N+](C)(C)C)C(=O)[O-]. The second-order valence-corrected chi connectivity index (χ2v) is 30.4. The fourth-order valence-electron chi connectivity index (χ4n) is 12.9. The van der Waals surface area contributed by atoms with Crippen LogP contribution in [0.3, 0.4) is 0 Å². The van der Waals surface area contributed by atoms with Gasteiger partial charge >= 0.3 is 11.9 Å². The van der Waals surface area contributed by atoms with Crippen LogP contribution in [0.2, 0.25) is 0 Å². The van der Waals surface area contributed by atoms with Crippen molar-refractivity contribution in [2.45, 2.75) is 437 Å². The number of unbranched alkanes of at least 4 members (excludes halogenated alkanes) is 54. The molecule has 0 amide bonds. The molecule has 0 spiro atoms. The van der Waals surface area contributed by atoms with Crippen molar-refractivity contribution in [2.75, 3.05) is 47.5 Å². The van der Waals surface area contributed by atoms with Gasteiger partial charge in [0.05, 0.1) is 40.3 Å². The van der Waals surface area contributed by atoms with Crippen LogP contribution >= 0.6 is 0 Å². The standard InChI is InChI=1S/C90H165NO8/c1-6-8-10-12-14-16-18-20-22-24-26-28-30-32-34-36-38-40-41-42-43-44-45-46-47-49-51-53-55-57-59-61-63-65-67-69-71-73-75-77-79-81-88(93)99-86(85-98-90(89(94)95)96-83-82-91(3,4)5)84-97-87(92)80-78-76-74-72-70-68-66-64-62-60-58-56-54-52-50-48-39-37-35-33-31-29-27-25-23-21-19-17-15-13-11-9-7-2/h8,10,14,16,19-22,25-28,86,90H,6-7,9,11-13,15,17-18,23-24,29-85H2,1-5H3/b10-8-,16-14-,21-19-,22-20-,27-25-,28-26-. The summed E-state index contributed by atoms with van der Waals surface area (Å²) in [7, 11) is 5.95. The first-order valence-electron chi connectivity index (χ1n) is 43.1. The lowest BCUT2D eigenvalue weighted by Gasteiger charge is -2.26. The molecule has 0 aliphatic heterocycles. The van der Waals surface area contributed by atoms with E-state index in [2.05, 4.69) is 86.8 Å². The van der Waals surface area contributed by atoms with E-state index in [1.165, 1.54) is 327 Å². The Hall–Kier alpha value is -3.27. The molecule has 0 bridgehead atoms. The molecule has 0 heterocycles. The number of carboxylic acids is 1. The van der Waals surface area contributed by atoms with Crippen molar-refractivity contribution in [2.24, 2.45) is 0 Å². The summed E-state index contributed by atoms with van der Waals surface area (Å²) in [4.78, 5) is 37.7. The quantitative estimate of drug-likeness (QED) is 0.0195. The number of allylic oxidation sites excluding steroid dienone is 12. The lowest BCUT2D eigenvalue weighted by molar-refractivity contribution is -0.870. The van der Waals surface area contributed by atoms with Crippen LogP contribution in [0.4, 0.5) is 0 Å². The van der Waals surface area contributed by atoms with Crippen molar-refractivity contribution in [1.29, 1.82) is 0 Å². The van der Waals surface area contributed by atoms with Crippen LogP contribution in [0.15, 0.2) is 72.9 Å². The number of nitrogens with zero attached hydrogens (tertiary/aromatic N) is 1. The molecule has 0 saturated carbocycles. The topological polar surface area (TPSA) is 111 Å². The fraction of sp³-hybridized carbons (Fsp3) is 0.833. The highest BCUT2D eigenvalue weighted by atomic mass is 16.7. The summed E-state index contributed by atoms with van der Waals surface area (Å²) in [5.41, 5.74) is 0. The molecule has 9 nitrogen and oxygen atoms in total. The lowest BCUT2D eigenvalue weighted by Crippen LogP contribution is -2.44. The first kappa shape index (κ1) is 95.7. The first-order chi connectivity index (χ1) is 48.6. The van der Waals surface area contributed by atoms with Gasteiger partial charge in [0.1, 0.15) is 13.2 Å². The van der Waals surface area contributed by atoms with Crippen LogP contribution in [0.25, 0.3) is 0 Å². The number of aliphatic carboxylic acids is 1. The number of hydrogen-bond acceptors (Lipinski definition) is 8. The largest absolute Gasteiger partial charge is 0.545 e. The minimum Gasteiger partial charge on any atom is -0.545 e. The van der Waals surface area contributed by atoms with Gasteiger partial charge in [-0.25, -0.2) is 0 Å². The van der Waals surface area contributed by atoms with Crippen LogP contribution in [0.1, 0.15) is 425 Å². The van der Waals surface area contributed by atoms with E-state index in [1.54, 1.807) is 0 Å². The molecule has 0 aromatic carbocycles. The zero-order valence-electron chi connectivity index (χ0n) is 66.4. The number of hydrogen-bond donors (Lipinski definition) is 0. The molecule has 0 fully saturated rings. The average molecular weight is 1390 g/mol. The van der Waals surface area contributed by atoms with E-state index in [0.717, 1.165) is 70.6 Å². The zero-order valence-corrected chi connectivity index (χ0v) is 66.4. The number of carbonyl (C=O) groups excluding carboxylic acids is 3. The van der Waals surface area contributed by atoms with E-state index >= 15 is 0 Å². The molecule has 0 N–H and O–H groups in total. The predicted molar refractivity (Wildman–Crippen MR) is 426 cm³/mol. The third kappa shape index (κ3) is 81.9. The second kappa shape index (κ2) is 80.4. The normalized spacial score (nSPS) is 12.9. The maximum atomic E-state index is 13.0. The predicted octanol–water partition coefficient (Wildman–Crippen LogP) is 26.6. The molecule has 0 aromatic rings. The van der Waals surface area contributed by atoms with Crippen molar-refractivity contribution in [3.05, 3.63) is 72.9 Å². The number of likely N-dealkylation sites (N-methyl/N-ethyl adjacent to an activating group) is 1. The number of esters is 2. The molecule has 99 heavy (non-hydrogen) atoms. The highest BCUT2D eigenvalue weighted by Gasteiger charge is 2.22. The van der Waals surface area contributed by atoms with Gasteiger partial charge in [0.25, 0.3) is 0 Å². The van der Waals surface area contributed by atoms with Crippen LogP contribution in [0.5, 0.6) is 0 Å². The summed E-state index contributed by atoms with van der Waals surface area (Å²) in [6.45, 7) is 4.70. The van der Waals surface area contributed by atoms with E-state index in [-0.39, 0.29) is 32.2 Å². The molecule has 2 unspecified atom stereocenters. The maximum Gasteiger partial charge on any atom is 0.306 e. The summed E-state index contributed by atoms with van der Waals surface area (Å²) < 4.78 is 22.9. The minimum atomic E-state index is -1.62. The second-order valence-electron chi connectivity index (χ2n) is 30.4. The summed E-state index contributed by atoms with van der Waals surface area (Å²) in [5, 5.41) is 11.9. The van der Waals surface area contributed by atoms with Gasteiger partial charge in [-0.1, -0.05) is 401 Å². The highest BCUT2D eigenvalue weighted by molar-refractivity contribution is 5.70. The fourth-order valence-corrected chi connectivity index (χ4v) is 12.9. The van der Waals surface area contributed by atoms with Gasteiger partial charge in [-0.15, -0.1) is 0 Å². The molecular weight excluding hydrogens is 1220 g/mol. The smallest absolute Gasteiger partial charge is 0.306 e. The number of carbonyl (C=O) groups is 3. The third-order valence-electron chi connectivity index (χ3n) is 19.4. The van der Waals surface area contributed by atoms with E-state index < -0.39 is 24.3 Å². The van der Waals surface area contributed by atoms with Gasteiger partial charge < -0.3 is 33.3 Å². The Bertz CT molecular complexity index is 1860. The van der Waals surface area contributed by atoms with Crippen LogP contribution in [-0.4, -0.2) is 82.3 Å². The van der Waals surface area contributed by atoms with Crippen LogP contribution < -0.4 is 5.11 Å². The molecule has 0 aliphatic rings. The van der Waals surface area contributed by atoms with Crippen molar-refractivity contribution < 1.29 is 42.9 Å². The molecule has 9 heteroatoms. The molecule has 2 atom stereocenters. The Labute approximate surface area is 615 Å². The number of carboxylic acid groups (broad SMARTS) is 1. The monoisotopic (exact) mass is 1390 g/mol. The number of rotatable bonds is 81. The van der Waals surface area contributed by atoms with E-state index in [1.807, 2.05) is 21.1 Å². The third-order valence-corrected chi connectivity index (χ3v) is 19.4. The molecule has 0 aliphatic carbocycles. The number of quaternary nitrogens is 1. The minimum absolute atomic E-state index is 0.150. The van der Waals surface area contributed by atoms with Crippen molar-refractivity contribution >= 4 is 17.9 Å². The Morgan fingerprint density at radius 3 is 0.859 bits per heavy atom. The molecule has 0 aromatic heterocycles. The highest BCUT2D eigenvalue weighted by Crippen LogP contribution is 2.20. The molecule has 0 rings (SSSR count). The summed E-state index contributed by atoms with van der Waals surface area (Å²) in [5.74, 6) is -2.25. The average Bonchev–Trinajstić information content (AvgIpc) is 2.62. The van der Waals surface area contributed by atoms with Crippen molar-refractivity contribution in [3.63, 3.8) is 0 Å². The van der Waals surface area contributed by atoms with Crippen LogP contribution in [-0.2, 0) is 33.3 Å². The Balaban J connectivity index is 3.92. The van der Waals surface area contributed by atoms with Gasteiger partial charge in [0, 0.05) is 12.8 Å². The maximum absolute atomic E-state index is 13.0. The Morgan fingerprint density at radius 2 is 0.576 bits per heavy atom. The van der Waals surface area contributed by atoms with Crippen LogP contribution in [0, 0.1) is 0 Å². The van der Waals surface area contributed by atoms with Crippen molar-refractivity contribution in [1.82, 2.24) is 0 Å². The zero-order chi connectivity index (χ0) is 71.8. The molecule has 0 radical (unpaired) electrons. The molecular formula is C90H165NO8. The summed E-state index contributed by atoms with van der Waals surface area (Å²) in [6, 6.07) is 0. The molecule has 0 saturated heterocycles. The first-order valence-corrected chi connectivity index (χ1v) is 43.1. The summed E-state index contributed by atoms with van der Waals surface area (Å²) in [6.07, 6.45) is 106. The van der Waals surface area contributed by atoms with Gasteiger partial charge in [0.2, 0.25) is 0 Å². The van der Waals surface area contributed by atoms with Gasteiger partial charge in [0.15, 0.2) is 12.4 Å². The molecule has 578 valence electrons. The van der Waals surface area contributed by atoms with E-state index in [9.17, 15) is 19.5 Å². The van der Waals surface area contributed by atoms with E-state index in [0.29, 0.717) is 17.4 Å². The lowest BCUT2D eigenvalue weighted by atomic mass is 10.0. The summed E-state index contributed by atoms with van der Waals surface area (Å²) >= 11 is 0. The van der Waals surface area contributed by atoms with Gasteiger partial charge in [-0.05, 0) is 83.5 Å².